The van der Waals surface area contributed by atoms with Gasteiger partial charge in [-0.3, -0.25) is 0 Å². The molecule has 1 aromatic carbocycles. The van der Waals surface area contributed by atoms with Crippen molar-refractivity contribution in [1.82, 2.24) is 0 Å². The Kier molecular flexibility index (Phi) is 5.99. The van der Waals surface area contributed by atoms with Crippen LogP contribution in [0, 0.1) is 0 Å². The molecule has 0 unspecified atom stereocenters. The fourth-order valence-electron chi connectivity index (χ4n) is 2.18. The number of hydrogen-bond acceptors (Lipinski definition) is 3. The van der Waals surface area contributed by atoms with E-state index in [0.29, 0.717) is 0 Å². The van der Waals surface area contributed by atoms with Gasteiger partial charge in [0.15, 0.2) is 0 Å². The first-order valence-corrected chi connectivity index (χ1v) is 6.67. The lowest BCUT2D eigenvalue weighted by Gasteiger charge is -2.25. The molecule has 0 aliphatic carbocycles. The molecule has 0 aromatic heterocycles. The van der Waals surface area contributed by atoms with E-state index < -0.39 is 6.10 Å². The lowest BCUT2D eigenvalue weighted by molar-refractivity contribution is 0.194. The van der Waals surface area contributed by atoms with E-state index in [1.54, 1.807) is 14.0 Å². The molecule has 1 rings (SSSR count). The quantitative estimate of drug-likeness (QED) is 0.754. The Bertz CT molecular complexity index is 364. The van der Waals surface area contributed by atoms with Gasteiger partial charge in [-0.15, -0.1) is 0 Å². The van der Waals surface area contributed by atoms with E-state index in [9.17, 15) is 5.11 Å². The molecule has 3 nitrogen and oxygen atoms in total. The molecular weight excluding hydrogens is 226 g/mol. The van der Waals surface area contributed by atoms with Crippen molar-refractivity contribution in [3.63, 3.8) is 0 Å². The van der Waals surface area contributed by atoms with Crippen LogP contribution in [0.15, 0.2) is 18.2 Å². The van der Waals surface area contributed by atoms with Crippen molar-refractivity contribution >= 4 is 5.69 Å². The van der Waals surface area contributed by atoms with Crippen molar-refractivity contribution in [2.45, 2.75) is 39.2 Å². The molecule has 0 saturated carbocycles. The number of unbranched alkanes of at least 4 members (excludes halogenated alkanes) is 2. The van der Waals surface area contributed by atoms with Crippen LogP contribution in [0.2, 0.25) is 0 Å². The summed E-state index contributed by atoms with van der Waals surface area (Å²) in [6.07, 6.45) is 3.10. The Morgan fingerprint density at radius 3 is 2.61 bits per heavy atom. The lowest BCUT2D eigenvalue weighted by Crippen LogP contribution is -2.20. The highest BCUT2D eigenvalue weighted by Gasteiger charge is 2.16. The average Bonchev–Trinajstić information content (AvgIpc) is 2.37. The van der Waals surface area contributed by atoms with Crippen molar-refractivity contribution in [3.05, 3.63) is 23.8 Å². The molecule has 18 heavy (non-hydrogen) atoms. The maximum Gasteiger partial charge on any atom is 0.126 e. The van der Waals surface area contributed by atoms with Gasteiger partial charge >= 0.3 is 0 Å². The number of nitrogens with zero attached hydrogens (tertiary/aromatic N) is 1. The Labute approximate surface area is 110 Å². The normalized spacial score (nSPS) is 12.3. The molecule has 3 heteroatoms. The van der Waals surface area contributed by atoms with Gasteiger partial charge in [0, 0.05) is 24.8 Å². The number of benzene rings is 1. The van der Waals surface area contributed by atoms with E-state index in [1.165, 1.54) is 19.3 Å². The Balaban J connectivity index is 2.92. The maximum absolute atomic E-state index is 9.93. The van der Waals surface area contributed by atoms with Crippen molar-refractivity contribution in [2.24, 2.45) is 0 Å². The number of aliphatic hydroxyl groups is 1. The molecule has 0 fully saturated rings. The maximum atomic E-state index is 9.93. The highest BCUT2D eigenvalue weighted by Crippen LogP contribution is 2.34. The van der Waals surface area contributed by atoms with Crippen molar-refractivity contribution in [2.75, 3.05) is 25.6 Å². The van der Waals surface area contributed by atoms with Gasteiger partial charge in [-0.2, -0.15) is 0 Å². The molecule has 0 aliphatic heterocycles. The van der Waals surface area contributed by atoms with Gasteiger partial charge in [-0.05, 0) is 25.5 Å². The van der Waals surface area contributed by atoms with Gasteiger partial charge < -0.3 is 14.7 Å². The molecule has 102 valence electrons. The Hall–Kier alpha value is -1.22. The molecule has 1 N–H and O–H groups in total. The minimum Gasteiger partial charge on any atom is -0.496 e. The number of rotatable bonds is 7. The van der Waals surface area contributed by atoms with E-state index in [2.05, 4.69) is 18.9 Å². The first-order valence-electron chi connectivity index (χ1n) is 6.67. The second-order valence-electron chi connectivity index (χ2n) is 4.70. The van der Waals surface area contributed by atoms with Gasteiger partial charge in [0.1, 0.15) is 5.75 Å². The van der Waals surface area contributed by atoms with Crippen molar-refractivity contribution in [3.8, 4) is 5.75 Å². The number of hydrogen-bond donors (Lipinski definition) is 1. The van der Waals surface area contributed by atoms with Crippen LogP contribution in [-0.4, -0.2) is 25.8 Å². The second-order valence-corrected chi connectivity index (χ2v) is 4.70. The van der Waals surface area contributed by atoms with Gasteiger partial charge in [0.05, 0.1) is 13.2 Å². The van der Waals surface area contributed by atoms with Crippen LogP contribution in [0.3, 0.4) is 0 Å². The Morgan fingerprint density at radius 2 is 2.06 bits per heavy atom. The molecule has 1 aromatic rings. The third-order valence-corrected chi connectivity index (χ3v) is 3.19. The van der Waals surface area contributed by atoms with Crippen LogP contribution in [0.1, 0.15) is 44.8 Å². The van der Waals surface area contributed by atoms with E-state index in [1.807, 2.05) is 18.2 Å². The Morgan fingerprint density at radius 1 is 1.33 bits per heavy atom. The fraction of sp³-hybridized carbons (Fsp3) is 0.600. The summed E-state index contributed by atoms with van der Waals surface area (Å²) in [4.78, 5) is 2.19. The number of anilines is 1. The summed E-state index contributed by atoms with van der Waals surface area (Å²) in [6.45, 7) is 4.98. The summed E-state index contributed by atoms with van der Waals surface area (Å²) in [5.74, 6) is 0.754. The largest absolute Gasteiger partial charge is 0.496 e. The van der Waals surface area contributed by atoms with E-state index in [4.69, 9.17) is 4.74 Å². The first kappa shape index (κ1) is 14.8. The summed E-state index contributed by atoms with van der Waals surface area (Å²) < 4.78 is 5.34. The lowest BCUT2D eigenvalue weighted by atomic mass is 10.1. The highest BCUT2D eigenvalue weighted by molar-refractivity contribution is 5.60. The number of ether oxygens (including phenoxy) is 1. The van der Waals surface area contributed by atoms with E-state index in [0.717, 1.165) is 23.5 Å². The minimum absolute atomic E-state index is 0.523. The molecule has 0 heterocycles. The highest BCUT2D eigenvalue weighted by atomic mass is 16.5. The summed E-state index contributed by atoms with van der Waals surface area (Å²) in [6, 6.07) is 5.90. The van der Waals surface area contributed by atoms with Crippen molar-refractivity contribution < 1.29 is 9.84 Å². The van der Waals surface area contributed by atoms with Crippen molar-refractivity contribution in [1.29, 1.82) is 0 Å². The number of methoxy groups -OCH3 is 1. The van der Waals surface area contributed by atoms with Gasteiger partial charge in [-0.1, -0.05) is 25.8 Å². The zero-order valence-electron chi connectivity index (χ0n) is 11.9. The molecule has 0 amide bonds. The van der Waals surface area contributed by atoms with E-state index in [-0.39, 0.29) is 0 Å². The first-order chi connectivity index (χ1) is 8.61. The summed E-state index contributed by atoms with van der Waals surface area (Å²) >= 11 is 0. The SMILES string of the molecule is CCCCCN(C)c1cccc(OC)c1[C@@H](C)O. The third kappa shape index (κ3) is 3.64. The van der Waals surface area contributed by atoms with Crippen LogP contribution in [0.5, 0.6) is 5.75 Å². The molecule has 0 saturated heterocycles. The summed E-state index contributed by atoms with van der Waals surface area (Å²) in [7, 11) is 3.71. The summed E-state index contributed by atoms with van der Waals surface area (Å²) in [5.41, 5.74) is 1.93. The zero-order chi connectivity index (χ0) is 13.5. The topological polar surface area (TPSA) is 32.7 Å². The fourth-order valence-corrected chi connectivity index (χ4v) is 2.18. The van der Waals surface area contributed by atoms with Crippen LogP contribution in [-0.2, 0) is 0 Å². The molecule has 0 bridgehead atoms. The van der Waals surface area contributed by atoms with Crippen LogP contribution in [0.25, 0.3) is 0 Å². The van der Waals surface area contributed by atoms with Crippen LogP contribution >= 0.6 is 0 Å². The molecule has 0 spiro atoms. The van der Waals surface area contributed by atoms with Gasteiger partial charge in [0.2, 0.25) is 0 Å². The summed E-state index contributed by atoms with van der Waals surface area (Å²) in [5, 5.41) is 9.93. The van der Waals surface area contributed by atoms with Gasteiger partial charge in [-0.25, -0.2) is 0 Å². The van der Waals surface area contributed by atoms with E-state index >= 15 is 0 Å². The third-order valence-electron chi connectivity index (χ3n) is 3.19. The van der Waals surface area contributed by atoms with Crippen LogP contribution < -0.4 is 9.64 Å². The predicted molar refractivity (Wildman–Crippen MR) is 76.4 cm³/mol. The van der Waals surface area contributed by atoms with Gasteiger partial charge in [0.25, 0.3) is 0 Å². The standard InChI is InChI=1S/C15H25NO2/c1-5-6-7-11-16(3)13-9-8-10-14(18-4)15(13)12(2)17/h8-10,12,17H,5-7,11H2,1-4H3/t12-/m1/s1. The van der Waals surface area contributed by atoms with Crippen LogP contribution in [0.4, 0.5) is 5.69 Å². The number of aliphatic hydroxyl groups excluding tert-OH is 1. The molecule has 0 radical (unpaired) electrons. The molecule has 1 atom stereocenters. The monoisotopic (exact) mass is 251 g/mol. The zero-order valence-corrected chi connectivity index (χ0v) is 11.9. The average molecular weight is 251 g/mol. The minimum atomic E-state index is -0.523. The second kappa shape index (κ2) is 7.27. The molecular formula is C15H25NO2. The predicted octanol–water partition coefficient (Wildman–Crippen LogP) is 3.37. The molecule has 0 aliphatic rings. The smallest absolute Gasteiger partial charge is 0.126 e.